The van der Waals surface area contributed by atoms with Crippen molar-refractivity contribution in [2.24, 2.45) is 17.6 Å². The lowest BCUT2D eigenvalue weighted by Crippen LogP contribution is -2.44. The molecule has 2 aliphatic rings. The monoisotopic (exact) mass is 288 g/mol. The number of rotatable bonds is 1. The molecule has 2 heterocycles. The van der Waals surface area contributed by atoms with Gasteiger partial charge in [-0.25, -0.2) is 0 Å². The van der Waals surface area contributed by atoms with E-state index in [0.717, 1.165) is 17.7 Å². The van der Waals surface area contributed by atoms with Crippen LogP contribution in [0.2, 0.25) is 0 Å². The summed E-state index contributed by atoms with van der Waals surface area (Å²) in [7, 11) is 0. The summed E-state index contributed by atoms with van der Waals surface area (Å²) in [4.78, 5) is 15.0. The quantitative estimate of drug-likeness (QED) is 0.863. The van der Waals surface area contributed by atoms with Gasteiger partial charge in [0, 0.05) is 18.3 Å². The van der Waals surface area contributed by atoms with Crippen molar-refractivity contribution in [3.8, 4) is 0 Å². The van der Waals surface area contributed by atoms with Crippen molar-refractivity contribution in [2.75, 3.05) is 11.4 Å². The number of nitrogens with two attached hydrogens (primary N) is 1. The Balaban J connectivity index is 1.91. The molecule has 4 heteroatoms. The van der Waals surface area contributed by atoms with Gasteiger partial charge in [-0.1, -0.05) is 25.1 Å². The van der Waals surface area contributed by atoms with Gasteiger partial charge in [0.05, 0.1) is 18.1 Å². The molecule has 0 aromatic heterocycles. The predicted octanol–water partition coefficient (Wildman–Crippen LogP) is 2.48. The molecule has 21 heavy (non-hydrogen) atoms. The summed E-state index contributed by atoms with van der Waals surface area (Å²) in [6, 6.07) is 8.01. The predicted molar refractivity (Wildman–Crippen MR) is 83.0 cm³/mol. The molecular formula is C17H24N2O2. The van der Waals surface area contributed by atoms with Crippen molar-refractivity contribution < 1.29 is 9.53 Å². The van der Waals surface area contributed by atoms with Crippen LogP contribution < -0.4 is 10.6 Å². The fourth-order valence-corrected chi connectivity index (χ4v) is 3.69. The third kappa shape index (κ3) is 2.36. The maximum Gasteiger partial charge on any atom is 0.233 e. The highest BCUT2D eigenvalue weighted by Crippen LogP contribution is 2.38. The Morgan fingerprint density at radius 3 is 2.62 bits per heavy atom. The van der Waals surface area contributed by atoms with Crippen molar-refractivity contribution in [2.45, 2.75) is 45.4 Å². The Labute approximate surface area is 126 Å². The van der Waals surface area contributed by atoms with Crippen LogP contribution in [0.3, 0.4) is 0 Å². The molecule has 1 aromatic rings. The molecule has 1 aromatic carbocycles. The minimum Gasteiger partial charge on any atom is -0.374 e. The maximum absolute atomic E-state index is 13.0. The number of benzene rings is 1. The normalized spacial score (nSPS) is 35.6. The van der Waals surface area contributed by atoms with Crippen molar-refractivity contribution in [1.29, 1.82) is 0 Å². The minimum atomic E-state index is -0.0672. The third-order valence-electron chi connectivity index (χ3n) is 5.08. The van der Waals surface area contributed by atoms with E-state index in [0.29, 0.717) is 6.54 Å². The van der Waals surface area contributed by atoms with Gasteiger partial charge < -0.3 is 15.4 Å². The molecule has 114 valence electrons. The van der Waals surface area contributed by atoms with Crippen molar-refractivity contribution >= 4 is 11.6 Å². The summed E-state index contributed by atoms with van der Waals surface area (Å²) in [5, 5.41) is 0. The fourth-order valence-electron chi connectivity index (χ4n) is 3.69. The Hall–Kier alpha value is -1.39. The molecule has 1 fully saturated rings. The first kappa shape index (κ1) is 14.5. The highest BCUT2D eigenvalue weighted by Gasteiger charge is 2.44. The van der Waals surface area contributed by atoms with Gasteiger partial charge in [-0.3, -0.25) is 4.79 Å². The van der Waals surface area contributed by atoms with Crippen LogP contribution in [0, 0.1) is 11.8 Å². The lowest BCUT2D eigenvalue weighted by molar-refractivity contribution is -0.124. The van der Waals surface area contributed by atoms with Gasteiger partial charge in [0.15, 0.2) is 0 Å². The first-order chi connectivity index (χ1) is 10.0. The van der Waals surface area contributed by atoms with Crippen LogP contribution in [0.1, 0.15) is 38.8 Å². The zero-order valence-electron chi connectivity index (χ0n) is 13.0. The van der Waals surface area contributed by atoms with Gasteiger partial charge in [0.1, 0.15) is 0 Å². The van der Waals surface area contributed by atoms with Crippen molar-refractivity contribution in [3.63, 3.8) is 0 Å². The van der Waals surface area contributed by atoms with E-state index in [1.165, 1.54) is 0 Å². The van der Waals surface area contributed by atoms with Gasteiger partial charge >= 0.3 is 0 Å². The number of ether oxygens (including phenoxy) is 1. The number of para-hydroxylation sites is 1. The summed E-state index contributed by atoms with van der Waals surface area (Å²) >= 11 is 0. The minimum absolute atomic E-state index is 0.0229. The van der Waals surface area contributed by atoms with Gasteiger partial charge in [0.2, 0.25) is 5.91 Å². The van der Waals surface area contributed by atoms with E-state index >= 15 is 0 Å². The number of carbonyl (C=O) groups excluding carboxylic acids is 1. The molecule has 5 unspecified atom stereocenters. The first-order valence-electron chi connectivity index (χ1n) is 7.82. The van der Waals surface area contributed by atoms with Gasteiger partial charge in [-0.15, -0.1) is 0 Å². The highest BCUT2D eigenvalue weighted by molar-refractivity contribution is 5.97. The molecule has 1 amide bonds. The lowest BCUT2D eigenvalue weighted by atomic mass is 9.87. The van der Waals surface area contributed by atoms with Crippen molar-refractivity contribution in [3.05, 3.63) is 29.8 Å². The van der Waals surface area contributed by atoms with Gasteiger partial charge in [-0.2, -0.15) is 0 Å². The smallest absolute Gasteiger partial charge is 0.233 e. The Bertz CT molecular complexity index is 545. The number of fused-ring (bicyclic) bond motifs is 1. The number of carbonyl (C=O) groups is 1. The van der Waals surface area contributed by atoms with Crippen LogP contribution >= 0.6 is 0 Å². The van der Waals surface area contributed by atoms with E-state index in [1.54, 1.807) is 0 Å². The first-order valence-corrected chi connectivity index (χ1v) is 7.82. The standard InChI is InChI=1S/C17H24N2O2/c1-10-11(2)21-12(3)16(10)17(20)19-9-8-14(18)13-6-4-5-7-15(13)19/h4-7,10-12,14,16H,8-9,18H2,1-3H3. The molecule has 0 bridgehead atoms. The molecule has 0 saturated carbocycles. The van der Waals surface area contributed by atoms with E-state index in [4.69, 9.17) is 10.5 Å². The molecule has 0 radical (unpaired) electrons. The van der Waals surface area contributed by atoms with E-state index in [-0.39, 0.29) is 36.0 Å². The number of hydrogen-bond acceptors (Lipinski definition) is 3. The summed E-state index contributed by atoms with van der Waals surface area (Å²) in [5.41, 5.74) is 8.22. The topological polar surface area (TPSA) is 55.6 Å². The summed E-state index contributed by atoms with van der Waals surface area (Å²) < 4.78 is 5.83. The Kier molecular flexibility index (Phi) is 3.76. The zero-order valence-corrected chi connectivity index (χ0v) is 13.0. The molecule has 2 aliphatic heterocycles. The summed E-state index contributed by atoms with van der Waals surface area (Å²) in [6.07, 6.45) is 0.927. The van der Waals surface area contributed by atoms with E-state index < -0.39 is 0 Å². The van der Waals surface area contributed by atoms with E-state index in [2.05, 4.69) is 13.8 Å². The second kappa shape index (κ2) is 5.43. The summed E-state index contributed by atoms with van der Waals surface area (Å²) in [5.74, 6) is 0.358. The van der Waals surface area contributed by atoms with Crippen LogP contribution in [0.4, 0.5) is 5.69 Å². The second-order valence-electron chi connectivity index (χ2n) is 6.38. The molecule has 5 atom stereocenters. The van der Waals surface area contributed by atoms with E-state index in [1.807, 2.05) is 36.1 Å². The van der Waals surface area contributed by atoms with Crippen LogP contribution in [-0.2, 0) is 9.53 Å². The lowest BCUT2D eigenvalue weighted by Gasteiger charge is -2.35. The number of amides is 1. The molecule has 1 saturated heterocycles. The average Bonchev–Trinajstić information content (AvgIpc) is 2.72. The summed E-state index contributed by atoms with van der Waals surface area (Å²) in [6.45, 7) is 6.86. The number of nitrogens with zero attached hydrogens (tertiary/aromatic N) is 1. The fraction of sp³-hybridized carbons (Fsp3) is 0.588. The van der Waals surface area contributed by atoms with Crippen LogP contribution in [-0.4, -0.2) is 24.7 Å². The Morgan fingerprint density at radius 2 is 1.95 bits per heavy atom. The number of anilines is 1. The maximum atomic E-state index is 13.0. The zero-order chi connectivity index (χ0) is 15.1. The van der Waals surface area contributed by atoms with Crippen LogP contribution in [0.5, 0.6) is 0 Å². The van der Waals surface area contributed by atoms with Crippen LogP contribution in [0.15, 0.2) is 24.3 Å². The third-order valence-corrected chi connectivity index (χ3v) is 5.08. The van der Waals surface area contributed by atoms with Gasteiger partial charge in [0.25, 0.3) is 0 Å². The van der Waals surface area contributed by atoms with Crippen LogP contribution in [0.25, 0.3) is 0 Å². The number of hydrogen-bond donors (Lipinski definition) is 1. The molecule has 2 N–H and O–H groups in total. The van der Waals surface area contributed by atoms with E-state index in [9.17, 15) is 4.79 Å². The molecule has 0 spiro atoms. The SMILES string of the molecule is CC1OC(C)C(C(=O)N2CCC(N)c3ccccc32)C1C. The average molecular weight is 288 g/mol. The largest absolute Gasteiger partial charge is 0.374 e. The molecular weight excluding hydrogens is 264 g/mol. The Morgan fingerprint density at radius 1 is 1.24 bits per heavy atom. The van der Waals surface area contributed by atoms with Gasteiger partial charge in [-0.05, 0) is 37.8 Å². The van der Waals surface area contributed by atoms with Crippen molar-refractivity contribution in [1.82, 2.24) is 0 Å². The molecule has 0 aliphatic carbocycles. The molecule has 4 nitrogen and oxygen atoms in total. The molecule has 3 rings (SSSR count). The second-order valence-corrected chi connectivity index (χ2v) is 6.38. The highest BCUT2D eigenvalue weighted by atomic mass is 16.5.